The molecule has 0 aliphatic carbocycles. The van der Waals surface area contributed by atoms with E-state index in [1.807, 2.05) is 12.1 Å². The van der Waals surface area contributed by atoms with Crippen molar-refractivity contribution >= 4 is 114 Å². The average molecular weight is 930 g/mol. The van der Waals surface area contributed by atoms with E-state index in [0.29, 0.717) is 0 Å². The first kappa shape index (κ1) is 43.9. The lowest BCUT2D eigenvalue weighted by Gasteiger charge is -2.17. The molecule has 0 bridgehead atoms. The molecule has 0 aliphatic heterocycles. The number of para-hydroxylation sites is 1. The Labute approximate surface area is 428 Å². The first-order chi connectivity index (χ1) is 36.7. The normalized spacial score (nSPS) is 11.4. The van der Waals surface area contributed by atoms with Gasteiger partial charge in [0.15, 0.2) is 0 Å². The molecule has 0 spiro atoms. The lowest BCUT2D eigenvalue weighted by atomic mass is 9.86. The maximum atomic E-state index is 6.30. The van der Waals surface area contributed by atoms with Gasteiger partial charge in [-0.3, -0.25) is 0 Å². The highest BCUT2D eigenvalue weighted by molar-refractivity contribution is 6.24. The van der Waals surface area contributed by atoms with E-state index in [1.54, 1.807) is 0 Å². The highest BCUT2D eigenvalue weighted by atomic mass is 16.3. The molecule has 2 nitrogen and oxygen atoms in total. The van der Waals surface area contributed by atoms with Crippen molar-refractivity contribution in [2.24, 2.45) is 0 Å². The van der Waals surface area contributed by atoms with Crippen LogP contribution >= 0.6 is 0 Å². The highest BCUT2D eigenvalue weighted by Gasteiger charge is 2.20. The molecule has 0 N–H and O–H groups in total. The first-order valence-corrected chi connectivity index (χ1v) is 24.6. The summed E-state index contributed by atoms with van der Waals surface area (Å²) >= 11 is 0. The minimum absolute atomic E-state index is 0.920. The van der Waals surface area contributed by atoms with Crippen LogP contribution in [0.3, 0.4) is 0 Å². The lowest BCUT2D eigenvalue weighted by Crippen LogP contribution is -1.90. The van der Waals surface area contributed by atoms with E-state index in [9.17, 15) is 0 Å². The summed E-state index contributed by atoms with van der Waals surface area (Å²) in [5.41, 5.74) is 13.7. The Bertz CT molecular complexity index is 4430. The second kappa shape index (κ2) is 18.9. The van der Waals surface area contributed by atoms with Crippen molar-refractivity contribution < 1.29 is 8.83 Å². The summed E-state index contributed by atoms with van der Waals surface area (Å²) < 4.78 is 17.6. The molecule has 0 fully saturated rings. The van der Waals surface area contributed by atoms with Crippen molar-refractivity contribution in [3.63, 3.8) is 0 Å². The minimum Gasteiger partial charge on any atom is -0.456 e. The van der Waals surface area contributed by atoms with Gasteiger partial charge in [0.05, 0.1) is 7.85 Å². The van der Waals surface area contributed by atoms with Gasteiger partial charge < -0.3 is 8.83 Å². The van der Waals surface area contributed by atoms with Gasteiger partial charge >= 0.3 is 0 Å². The Morgan fingerprint density at radius 1 is 0.247 bits per heavy atom. The maximum Gasteiger partial charge on any atom is 0.136 e. The summed E-state index contributed by atoms with van der Waals surface area (Å²) in [4.78, 5) is 0. The van der Waals surface area contributed by atoms with Crippen molar-refractivity contribution in [1.29, 1.82) is 1.34 Å². The predicted octanol–water partition coefficient (Wildman–Crippen LogP) is 19.2. The molecule has 0 saturated carbocycles. The zero-order valence-electron chi connectivity index (χ0n) is 41.2. The molecule has 15 aromatic rings. The molecular weight excluding hydrogens is 882 g/mol. The van der Waals surface area contributed by atoms with Crippen molar-refractivity contribution in [3.8, 4) is 44.5 Å². The SMILES string of the molecule is [2H][B].[B]C.c1ccc(-c2c3ccccc3c(-c3ccc4oc5cc6ccccc6cc5c4c3)c3ccccc23)cc1.c1ccc(-c2c3ccccc3c(-c3ccc4oc5ccccc5c4c3)c3ccccc23)cc1. The third-order valence-electron chi connectivity index (χ3n) is 14.3. The molecule has 73 heavy (non-hydrogen) atoms. The quantitative estimate of drug-likeness (QED) is 0.130. The minimum atomic E-state index is 0.920. The van der Waals surface area contributed by atoms with Crippen LogP contribution in [0.15, 0.2) is 264 Å². The van der Waals surface area contributed by atoms with Crippen LogP contribution in [0.1, 0.15) is 0 Å². The number of furan rings is 2. The van der Waals surface area contributed by atoms with E-state index in [4.69, 9.17) is 10.2 Å². The zero-order valence-corrected chi connectivity index (χ0v) is 40.2. The first-order valence-electron chi connectivity index (χ1n) is 25.1. The molecule has 0 unspecified atom stereocenters. The van der Waals surface area contributed by atoms with Gasteiger partial charge in [0.25, 0.3) is 0 Å². The molecule has 0 atom stereocenters. The van der Waals surface area contributed by atoms with E-state index < -0.39 is 0 Å². The maximum absolute atomic E-state index is 6.30. The van der Waals surface area contributed by atoms with Crippen LogP contribution in [-0.4, -0.2) is 17.6 Å². The van der Waals surface area contributed by atoms with Crippen molar-refractivity contribution in [1.82, 2.24) is 0 Å². The molecule has 2 aromatic heterocycles. The summed E-state index contributed by atoms with van der Waals surface area (Å²) in [6.07, 6.45) is 0. The van der Waals surface area contributed by atoms with Crippen LogP contribution in [0.5, 0.6) is 0 Å². The summed E-state index contributed by atoms with van der Waals surface area (Å²) in [5.74, 6) is 0. The number of rotatable bonds is 4. The van der Waals surface area contributed by atoms with Gasteiger partial charge in [-0.2, -0.15) is 0 Å². The molecular formula is C69H46B2O2. The fourth-order valence-electron chi connectivity index (χ4n) is 11.2. The van der Waals surface area contributed by atoms with Gasteiger partial charge in [-0.25, -0.2) is 0 Å². The summed E-state index contributed by atoms with van der Waals surface area (Å²) in [6, 6.07) is 91.0. The fourth-order valence-corrected chi connectivity index (χ4v) is 11.2. The van der Waals surface area contributed by atoms with Crippen molar-refractivity contribution in [2.45, 2.75) is 6.82 Å². The smallest absolute Gasteiger partial charge is 0.136 e. The molecule has 2 heterocycles. The van der Waals surface area contributed by atoms with Crippen molar-refractivity contribution in [2.75, 3.05) is 0 Å². The van der Waals surface area contributed by atoms with E-state index in [2.05, 4.69) is 259 Å². The summed E-state index contributed by atoms with van der Waals surface area (Å²) in [6.45, 7) is 1.50. The molecule has 0 amide bonds. The molecule has 0 saturated heterocycles. The molecule has 0 aliphatic rings. The Morgan fingerprint density at radius 2 is 0.534 bits per heavy atom. The Balaban J connectivity index is 0.000000142. The van der Waals surface area contributed by atoms with Gasteiger partial charge in [-0.15, -0.1) is 0 Å². The van der Waals surface area contributed by atoms with Crippen LogP contribution in [-0.2, 0) is 0 Å². The largest absolute Gasteiger partial charge is 0.456 e. The third-order valence-corrected chi connectivity index (χ3v) is 14.3. The number of fused-ring (bicyclic) bond motifs is 11. The fraction of sp³-hybridized carbons (Fsp3) is 0.0145. The molecule has 340 valence electrons. The number of benzene rings is 13. The highest BCUT2D eigenvalue weighted by Crippen LogP contribution is 2.47. The number of hydrogen-bond donors (Lipinski definition) is 0. The second-order valence-electron chi connectivity index (χ2n) is 18.2. The van der Waals surface area contributed by atoms with Crippen LogP contribution in [0, 0.1) is 0 Å². The monoisotopic (exact) mass is 929 g/mol. The third kappa shape index (κ3) is 7.62. The molecule has 4 heteroatoms. The molecule has 13 aromatic carbocycles. The van der Waals surface area contributed by atoms with Crippen molar-refractivity contribution in [3.05, 3.63) is 255 Å². The van der Waals surface area contributed by atoms with Gasteiger partial charge in [0, 0.05) is 29.9 Å². The van der Waals surface area contributed by atoms with Gasteiger partial charge in [-0.05, 0) is 142 Å². The van der Waals surface area contributed by atoms with E-state index in [0.717, 1.165) is 43.9 Å². The Morgan fingerprint density at radius 3 is 0.959 bits per heavy atom. The molecule has 4 radical (unpaired) electrons. The predicted molar refractivity (Wildman–Crippen MR) is 315 cm³/mol. The van der Waals surface area contributed by atoms with Crippen LogP contribution in [0.4, 0.5) is 0 Å². The summed E-state index contributed by atoms with van der Waals surface area (Å²) in [5, 5.41) is 17.2. The van der Waals surface area contributed by atoms with E-state index in [-0.39, 0.29) is 0 Å². The Kier molecular flexibility index (Phi) is 11.4. The van der Waals surface area contributed by atoms with Gasteiger partial charge in [0.2, 0.25) is 0 Å². The van der Waals surface area contributed by atoms with E-state index in [1.165, 1.54) is 105 Å². The topological polar surface area (TPSA) is 26.3 Å². The van der Waals surface area contributed by atoms with Gasteiger partial charge in [-0.1, -0.05) is 219 Å². The zero-order chi connectivity index (χ0) is 50.1. The van der Waals surface area contributed by atoms with Crippen LogP contribution in [0.25, 0.3) is 142 Å². The molecule has 15 rings (SSSR count). The second-order valence-corrected chi connectivity index (χ2v) is 18.2. The lowest BCUT2D eigenvalue weighted by molar-refractivity contribution is 0.669. The average Bonchev–Trinajstić information content (AvgIpc) is 4.04. The van der Waals surface area contributed by atoms with E-state index >= 15 is 0 Å². The Hall–Kier alpha value is -9.11. The van der Waals surface area contributed by atoms with Gasteiger partial charge in [0.1, 0.15) is 22.3 Å². The summed E-state index contributed by atoms with van der Waals surface area (Å²) in [7, 11) is 8.25. The standard InChI is InChI=1S/C36H22O.C32H20O.CH3B.BH/c1-2-10-23(11-3-1)35-27-14-6-8-16-29(27)36(30-17-9-7-15-28(30)35)26-18-19-33-31(21-26)32-20-24-12-4-5-13-25(24)22-34(32)37-33;1-2-10-21(11-3-1)31-24-13-4-6-15-26(24)32(27-16-7-5-14-25(27)31)22-18-19-30-28(20-22)23-12-8-9-17-29(23)33-30;1-2;/h1-22H;1-20H;1H3;1H/i;;;1D. The van der Waals surface area contributed by atoms with Crippen LogP contribution in [0.2, 0.25) is 6.82 Å². The number of hydrogen-bond acceptors (Lipinski definition) is 2. The van der Waals surface area contributed by atoms with Crippen LogP contribution < -0.4 is 0 Å².